The minimum atomic E-state index is -0.901. The highest BCUT2D eigenvalue weighted by molar-refractivity contribution is 14.1. The predicted octanol–water partition coefficient (Wildman–Crippen LogP) is 4.36. The molecule has 0 heterocycles. The van der Waals surface area contributed by atoms with Crippen molar-refractivity contribution < 1.29 is 19.1 Å². The van der Waals surface area contributed by atoms with Crippen molar-refractivity contribution in [2.45, 2.75) is 0 Å². The van der Waals surface area contributed by atoms with E-state index in [1.807, 2.05) is 12.1 Å². The number of anilines is 1. The van der Waals surface area contributed by atoms with E-state index >= 15 is 0 Å². The Morgan fingerprint density at radius 2 is 1.58 bits per heavy atom. The molecule has 3 aromatic rings. The van der Waals surface area contributed by atoms with Gasteiger partial charge in [-0.1, -0.05) is 28.1 Å². The molecule has 9 heteroatoms. The highest BCUT2D eigenvalue weighted by atomic mass is 127. The Hall–Kier alpha value is -3.05. The number of hydrazone groups is 1. The summed E-state index contributed by atoms with van der Waals surface area (Å²) >= 11 is 5.36. The molecular formula is C22H15BrIN3O4. The summed E-state index contributed by atoms with van der Waals surface area (Å²) in [6.07, 6.45) is 1.37. The zero-order valence-corrected chi connectivity index (χ0v) is 19.6. The maximum atomic E-state index is 12.2. The van der Waals surface area contributed by atoms with E-state index in [-0.39, 0.29) is 0 Å². The lowest BCUT2D eigenvalue weighted by Gasteiger charge is -2.06. The van der Waals surface area contributed by atoms with Gasteiger partial charge in [0.15, 0.2) is 0 Å². The van der Waals surface area contributed by atoms with Crippen LogP contribution >= 0.6 is 38.5 Å². The minimum absolute atomic E-state index is 0.375. The van der Waals surface area contributed by atoms with Gasteiger partial charge in [0.1, 0.15) is 5.75 Å². The number of benzene rings is 3. The summed E-state index contributed by atoms with van der Waals surface area (Å²) in [7, 11) is 0. The van der Waals surface area contributed by atoms with Gasteiger partial charge in [0.05, 0.1) is 11.8 Å². The average Bonchev–Trinajstić information content (AvgIpc) is 2.76. The van der Waals surface area contributed by atoms with Crippen molar-refractivity contribution >= 4 is 68.2 Å². The van der Waals surface area contributed by atoms with Crippen LogP contribution in [-0.2, 0) is 9.59 Å². The molecule has 0 aliphatic carbocycles. The molecule has 0 saturated carbocycles. The predicted molar refractivity (Wildman–Crippen MR) is 129 cm³/mol. The van der Waals surface area contributed by atoms with Gasteiger partial charge in [-0.2, -0.15) is 5.10 Å². The van der Waals surface area contributed by atoms with Crippen molar-refractivity contribution in [2.75, 3.05) is 5.32 Å². The number of esters is 1. The number of carbonyl (C=O) groups excluding carboxylic acids is 3. The van der Waals surface area contributed by atoms with Gasteiger partial charge in [0.25, 0.3) is 0 Å². The lowest BCUT2D eigenvalue weighted by Crippen LogP contribution is -2.32. The van der Waals surface area contributed by atoms with E-state index in [0.29, 0.717) is 22.6 Å². The number of ether oxygens (including phenoxy) is 1. The standard InChI is InChI=1S/C22H15BrIN3O4/c23-15-7-9-16(10-8-15)26-20(28)21(29)27-25-13-14-5-11-17(12-6-14)31-22(30)18-3-1-2-4-19(18)24/h1-13H,(H,26,28)(H,27,29). The van der Waals surface area contributed by atoms with E-state index in [0.717, 1.165) is 8.04 Å². The van der Waals surface area contributed by atoms with Crippen molar-refractivity contribution in [3.05, 3.63) is 92.0 Å². The lowest BCUT2D eigenvalue weighted by molar-refractivity contribution is -0.136. The molecular weight excluding hydrogens is 577 g/mol. The molecule has 0 radical (unpaired) electrons. The number of hydrogen-bond acceptors (Lipinski definition) is 5. The van der Waals surface area contributed by atoms with Crippen molar-refractivity contribution in [1.29, 1.82) is 0 Å². The minimum Gasteiger partial charge on any atom is -0.423 e. The molecule has 0 bridgehead atoms. The molecule has 31 heavy (non-hydrogen) atoms. The molecule has 0 aliphatic rings. The van der Waals surface area contributed by atoms with Crippen molar-refractivity contribution in [3.8, 4) is 5.75 Å². The highest BCUT2D eigenvalue weighted by Gasteiger charge is 2.13. The maximum absolute atomic E-state index is 12.2. The van der Waals surface area contributed by atoms with Crippen LogP contribution in [0.15, 0.2) is 82.4 Å². The molecule has 0 aromatic heterocycles. The molecule has 7 nitrogen and oxygen atoms in total. The SMILES string of the molecule is O=C(NN=Cc1ccc(OC(=O)c2ccccc2I)cc1)C(=O)Nc1ccc(Br)cc1. The summed E-state index contributed by atoms with van der Waals surface area (Å²) < 4.78 is 7.02. The summed E-state index contributed by atoms with van der Waals surface area (Å²) in [6, 6.07) is 20.5. The topological polar surface area (TPSA) is 96.9 Å². The zero-order valence-electron chi connectivity index (χ0n) is 15.8. The summed E-state index contributed by atoms with van der Waals surface area (Å²) in [5.41, 5.74) is 3.77. The second-order valence-electron chi connectivity index (χ2n) is 6.10. The number of halogens is 2. The van der Waals surface area contributed by atoms with Gasteiger partial charge in [-0.05, 0) is 88.8 Å². The quantitative estimate of drug-likeness (QED) is 0.115. The van der Waals surface area contributed by atoms with Gasteiger partial charge < -0.3 is 10.1 Å². The first-order chi connectivity index (χ1) is 14.9. The molecule has 2 amide bonds. The fourth-order valence-electron chi connectivity index (χ4n) is 2.35. The second kappa shape index (κ2) is 10.8. The lowest BCUT2D eigenvalue weighted by atomic mass is 10.2. The van der Waals surface area contributed by atoms with Crippen molar-refractivity contribution in [1.82, 2.24) is 5.43 Å². The first-order valence-electron chi connectivity index (χ1n) is 8.89. The third-order valence-electron chi connectivity index (χ3n) is 3.87. The van der Waals surface area contributed by atoms with Crippen LogP contribution in [0.2, 0.25) is 0 Å². The Morgan fingerprint density at radius 3 is 2.26 bits per heavy atom. The largest absolute Gasteiger partial charge is 0.423 e. The summed E-state index contributed by atoms with van der Waals surface area (Å²) in [6.45, 7) is 0. The molecule has 0 spiro atoms. The van der Waals surface area contributed by atoms with Crippen LogP contribution in [-0.4, -0.2) is 24.0 Å². The third kappa shape index (κ3) is 6.72. The van der Waals surface area contributed by atoms with Gasteiger partial charge >= 0.3 is 17.8 Å². The normalized spacial score (nSPS) is 10.5. The molecule has 0 unspecified atom stereocenters. The Morgan fingerprint density at radius 1 is 0.903 bits per heavy atom. The van der Waals surface area contributed by atoms with Crippen LogP contribution in [0.25, 0.3) is 0 Å². The summed E-state index contributed by atoms with van der Waals surface area (Å²) in [5.74, 6) is -1.81. The number of nitrogens with one attached hydrogen (secondary N) is 2. The molecule has 0 saturated heterocycles. The molecule has 3 aromatic carbocycles. The van der Waals surface area contributed by atoms with E-state index in [1.165, 1.54) is 6.21 Å². The Kier molecular flexibility index (Phi) is 7.90. The van der Waals surface area contributed by atoms with Crippen LogP contribution in [0.3, 0.4) is 0 Å². The first-order valence-corrected chi connectivity index (χ1v) is 10.8. The van der Waals surface area contributed by atoms with Gasteiger partial charge in [-0.25, -0.2) is 10.2 Å². The first kappa shape index (κ1) is 22.6. The van der Waals surface area contributed by atoms with Crippen molar-refractivity contribution in [2.24, 2.45) is 5.10 Å². The molecule has 0 atom stereocenters. The second-order valence-corrected chi connectivity index (χ2v) is 8.18. The van der Waals surface area contributed by atoms with E-state index < -0.39 is 17.8 Å². The third-order valence-corrected chi connectivity index (χ3v) is 5.34. The average molecular weight is 592 g/mol. The fourth-order valence-corrected chi connectivity index (χ4v) is 3.22. The van der Waals surface area contributed by atoms with E-state index in [2.05, 4.69) is 54.4 Å². The number of carbonyl (C=O) groups is 3. The van der Waals surface area contributed by atoms with Gasteiger partial charge in [0.2, 0.25) is 0 Å². The smallest absolute Gasteiger partial charge is 0.344 e. The van der Waals surface area contributed by atoms with Gasteiger partial charge in [0, 0.05) is 13.7 Å². The molecule has 3 rings (SSSR count). The van der Waals surface area contributed by atoms with Crippen molar-refractivity contribution in [3.63, 3.8) is 0 Å². The Labute approximate surface area is 200 Å². The van der Waals surface area contributed by atoms with Crippen LogP contribution in [0.5, 0.6) is 5.75 Å². The van der Waals surface area contributed by atoms with E-state index in [4.69, 9.17) is 4.74 Å². The van der Waals surface area contributed by atoms with Gasteiger partial charge in [-0.3, -0.25) is 9.59 Å². The fraction of sp³-hybridized carbons (Fsp3) is 0. The van der Waals surface area contributed by atoms with Crippen LogP contribution in [0, 0.1) is 3.57 Å². The monoisotopic (exact) mass is 591 g/mol. The summed E-state index contributed by atoms with van der Waals surface area (Å²) in [5, 5.41) is 6.23. The number of amides is 2. The molecule has 0 aliphatic heterocycles. The molecule has 0 fully saturated rings. The van der Waals surface area contributed by atoms with Crippen LogP contribution in [0.1, 0.15) is 15.9 Å². The Balaban J connectivity index is 1.51. The van der Waals surface area contributed by atoms with E-state index in [9.17, 15) is 14.4 Å². The number of rotatable bonds is 5. The highest BCUT2D eigenvalue weighted by Crippen LogP contribution is 2.17. The van der Waals surface area contributed by atoms with Gasteiger partial charge in [-0.15, -0.1) is 0 Å². The molecule has 156 valence electrons. The maximum Gasteiger partial charge on any atom is 0.344 e. The summed E-state index contributed by atoms with van der Waals surface area (Å²) in [4.78, 5) is 35.9. The number of nitrogens with zero attached hydrogens (tertiary/aromatic N) is 1. The number of hydrogen-bond donors (Lipinski definition) is 2. The van der Waals surface area contributed by atoms with E-state index in [1.54, 1.807) is 60.7 Å². The Bertz CT molecular complexity index is 1130. The van der Waals surface area contributed by atoms with Crippen LogP contribution < -0.4 is 15.5 Å². The zero-order chi connectivity index (χ0) is 22.2. The molecule has 2 N–H and O–H groups in total. The van der Waals surface area contributed by atoms with Crippen LogP contribution in [0.4, 0.5) is 5.69 Å².